The van der Waals surface area contributed by atoms with Crippen LogP contribution < -0.4 is 19.5 Å². The second-order valence-corrected chi connectivity index (χ2v) is 6.28. The molecule has 0 amide bonds. The molecule has 2 aliphatic rings. The largest absolute Gasteiger partial charge is 0.508 e. The van der Waals surface area contributed by atoms with Crippen molar-refractivity contribution in [2.24, 2.45) is 5.92 Å². The summed E-state index contributed by atoms with van der Waals surface area (Å²) in [5.41, 5.74) is 1.26. The Morgan fingerprint density at radius 2 is 1.92 bits per heavy atom. The van der Waals surface area contributed by atoms with Gasteiger partial charge in [0.05, 0.1) is 6.61 Å². The molecule has 2 unspecified atom stereocenters. The fourth-order valence-corrected chi connectivity index (χ4v) is 3.43. The van der Waals surface area contributed by atoms with Crippen LogP contribution in [0.2, 0.25) is 0 Å². The van der Waals surface area contributed by atoms with Crippen molar-refractivity contribution < 1.29 is 19.3 Å². The number of phenols is 1. The number of nitrogens with one attached hydrogen (secondary N) is 1. The van der Waals surface area contributed by atoms with Gasteiger partial charge in [0.2, 0.25) is 6.79 Å². The normalized spacial score (nSPS) is 22.3. The maximum Gasteiger partial charge on any atom is 0.231 e. The molecule has 2 heterocycles. The van der Waals surface area contributed by atoms with E-state index >= 15 is 0 Å². The zero-order valence-corrected chi connectivity index (χ0v) is 13.4. The predicted molar refractivity (Wildman–Crippen MR) is 89.9 cm³/mol. The molecule has 0 aromatic heterocycles. The number of piperidine rings is 1. The molecule has 2 atom stereocenters. The summed E-state index contributed by atoms with van der Waals surface area (Å²) >= 11 is 0. The summed E-state index contributed by atoms with van der Waals surface area (Å²) in [6, 6.07) is 13.2. The average molecular weight is 327 g/mol. The molecule has 126 valence electrons. The van der Waals surface area contributed by atoms with Gasteiger partial charge in [-0.25, -0.2) is 0 Å². The van der Waals surface area contributed by atoms with Crippen LogP contribution in [0.4, 0.5) is 0 Å². The average Bonchev–Trinajstić information content (AvgIpc) is 3.09. The third-order valence-electron chi connectivity index (χ3n) is 4.74. The van der Waals surface area contributed by atoms with Gasteiger partial charge in [0.15, 0.2) is 11.5 Å². The van der Waals surface area contributed by atoms with Crippen LogP contribution in [0.1, 0.15) is 17.9 Å². The fourth-order valence-electron chi connectivity index (χ4n) is 3.43. The minimum atomic E-state index is 0.272. The first-order chi connectivity index (χ1) is 11.8. The SMILES string of the molecule is Oc1ccc(C2CCNCC2COc2ccc3c(c2)OCO3)cc1. The van der Waals surface area contributed by atoms with Gasteiger partial charge >= 0.3 is 0 Å². The van der Waals surface area contributed by atoms with Crippen molar-refractivity contribution in [2.75, 3.05) is 26.5 Å². The molecule has 2 aliphatic heterocycles. The Bertz CT molecular complexity index is 701. The lowest BCUT2D eigenvalue weighted by atomic mass is 9.81. The number of ether oxygens (including phenoxy) is 3. The monoisotopic (exact) mass is 327 g/mol. The van der Waals surface area contributed by atoms with E-state index in [4.69, 9.17) is 14.2 Å². The highest BCUT2D eigenvalue weighted by Crippen LogP contribution is 2.36. The third-order valence-corrected chi connectivity index (χ3v) is 4.74. The molecular weight excluding hydrogens is 306 g/mol. The Morgan fingerprint density at radius 1 is 1.08 bits per heavy atom. The van der Waals surface area contributed by atoms with E-state index in [0.717, 1.165) is 36.8 Å². The number of benzene rings is 2. The zero-order chi connectivity index (χ0) is 16.4. The lowest BCUT2D eigenvalue weighted by molar-refractivity contribution is 0.173. The van der Waals surface area contributed by atoms with Gasteiger partial charge in [-0.2, -0.15) is 0 Å². The highest BCUT2D eigenvalue weighted by atomic mass is 16.7. The van der Waals surface area contributed by atoms with Crippen molar-refractivity contribution in [3.63, 3.8) is 0 Å². The van der Waals surface area contributed by atoms with Crippen LogP contribution in [0.3, 0.4) is 0 Å². The van der Waals surface area contributed by atoms with Gasteiger partial charge in [-0.05, 0) is 48.7 Å². The molecule has 0 bridgehead atoms. The lowest BCUT2D eigenvalue weighted by Gasteiger charge is -2.32. The number of hydrogen-bond donors (Lipinski definition) is 2. The third kappa shape index (κ3) is 3.12. The van der Waals surface area contributed by atoms with E-state index in [1.807, 2.05) is 30.3 Å². The molecule has 5 nitrogen and oxygen atoms in total. The van der Waals surface area contributed by atoms with E-state index in [9.17, 15) is 5.11 Å². The quantitative estimate of drug-likeness (QED) is 0.904. The number of rotatable bonds is 4. The van der Waals surface area contributed by atoms with E-state index in [0.29, 0.717) is 24.2 Å². The van der Waals surface area contributed by atoms with Crippen molar-refractivity contribution in [3.8, 4) is 23.0 Å². The number of phenolic OH excluding ortho intramolecular Hbond substituents is 1. The Labute approximate surface area is 141 Å². The van der Waals surface area contributed by atoms with Crippen LogP contribution in [0, 0.1) is 5.92 Å². The van der Waals surface area contributed by atoms with Crippen molar-refractivity contribution in [1.29, 1.82) is 0 Å². The fraction of sp³-hybridized carbons (Fsp3) is 0.368. The number of hydrogen-bond acceptors (Lipinski definition) is 5. The van der Waals surface area contributed by atoms with E-state index < -0.39 is 0 Å². The van der Waals surface area contributed by atoms with Crippen molar-refractivity contribution in [2.45, 2.75) is 12.3 Å². The zero-order valence-electron chi connectivity index (χ0n) is 13.4. The highest BCUT2D eigenvalue weighted by Gasteiger charge is 2.27. The van der Waals surface area contributed by atoms with Gasteiger partial charge in [0, 0.05) is 18.5 Å². The van der Waals surface area contributed by atoms with Gasteiger partial charge in [-0.15, -0.1) is 0 Å². The van der Waals surface area contributed by atoms with Gasteiger partial charge < -0.3 is 24.6 Å². The molecule has 5 heteroatoms. The molecule has 1 saturated heterocycles. The summed E-state index contributed by atoms with van der Waals surface area (Å²) in [7, 11) is 0. The lowest BCUT2D eigenvalue weighted by Crippen LogP contribution is -2.38. The highest BCUT2D eigenvalue weighted by molar-refractivity contribution is 5.46. The van der Waals surface area contributed by atoms with E-state index in [2.05, 4.69) is 5.32 Å². The standard InChI is InChI=1S/C19H21NO4/c21-15-3-1-13(2-4-15)17-7-8-20-10-14(17)11-22-16-5-6-18-19(9-16)24-12-23-18/h1-6,9,14,17,20-21H,7-8,10-12H2. The number of aromatic hydroxyl groups is 1. The Kier molecular flexibility index (Phi) is 4.17. The first kappa shape index (κ1) is 15.1. The first-order valence-corrected chi connectivity index (χ1v) is 8.32. The maximum atomic E-state index is 9.49. The van der Waals surface area contributed by atoms with Crippen molar-refractivity contribution in [3.05, 3.63) is 48.0 Å². The molecule has 0 spiro atoms. The van der Waals surface area contributed by atoms with E-state index in [1.54, 1.807) is 12.1 Å². The minimum Gasteiger partial charge on any atom is -0.508 e. The molecule has 24 heavy (non-hydrogen) atoms. The summed E-state index contributed by atoms with van der Waals surface area (Å²) in [4.78, 5) is 0. The predicted octanol–water partition coefficient (Wildman–Crippen LogP) is 2.89. The summed E-state index contributed by atoms with van der Waals surface area (Å²) in [5.74, 6) is 3.43. The molecule has 2 aromatic rings. The van der Waals surface area contributed by atoms with Crippen LogP contribution in [-0.2, 0) is 0 Å². The molecule has 4 rings (SSSR count). The van der Waals surface area contributed by atoms with Crippen LogP contribution in [0.25, 0.3) is 0 Å². The smallest absolute Gasteiger partial charge is 0.231 e. The van der Waals surface area contributed by atoms with Gasteiger partial charge in [-0.1, -0.05) is 12.1 Å². The Balaban J connectivity index is 1.44. The van der Waals surface area contributed by atoms with Gasteiger partial charge in [-0.3, -0.25) is 0 Å². The number of fused-ring (bicyclic) bond motifs is 1. The molecule has 0 saturated carbocycles. The Hall–Kier alpha value is -2.40. The topological polar surface area (TPSA) is 60.0 Å². The van der Waals surface area contributed by atoms with Crippen LogP contribution in [0.15, 0.2) is 42.5 Å². The van der Waals surface area contributed by atoms with Crippen LogP contribution in [-0.4, -0.2) is 31.6 Å². The van der Waals surface area contributed by atoms with E-state index in [1.165, 1.54) is 5.56 Å². The van der Waals surface area contributed by atoms with Crippen LogP contribution in [0.5, 0.6) is 23.0 Å². The van der Waals surface area contributed by atoms with Gasteiger partial charge in [0.25, 0.3) is 0 Å². The minimum absolute atomic E-state index is 0.272. The van der Waals surface area contributed by atoms with Gasteiger partial charge in [0.1, 0.15) is 11.5 Å². The molecule has 2 N–H and O–H groups in total. The molecule has 0 radical (unpaired) electrons. The summed E-state index contributed by atoms with van der Waals surface area (Å²) in [6.45, 7) is 2.84. The molecule has 2 aromatic carbocycles. The molecular formula is C19H21NO4. The molecule has 0 aliphatic carbocycles. The van der Waals surface area contributed by atoms with Crippen LogP contribution >= 0.6 is 0 Å². The summed E-state index contributed by atoms with van der Waals surface area (Å²) < 4.78 is 16.7. The molecule has 1 fully saturated rings. The van der Waals surface area contributed by atoms with Crippen molar-refractivity contribution >= 4 is 0 Å². The summed E-state index contributed by atoms with van der Waals surface area (Å²) in [6.07, 6.45) is 1.07. The first-order valence-electron chi connectivity index (χ1n) is 8.32. The Morgan fingerprint density at radius 3 is 2.79 bits per heavy atom. The van der Waals surface area contributed by atoms with E-state index in [-0.39, 0.29) is 6.79 Å². The second-order valence-electron chi connectivity index (χ2n) is 6.28. The second kappa shape index (κ2) is 6.61. The summed E-state index contributed by atoms with van der Waals surface area (Å²) in [5, 5.41) is 12.9. The van der Waals surface area contributed by atoms with Crippen molar-refractivity contribution in [1.82, 2.24) is 5.32 Å². The maximum absolute atomic E-state index is 9.49.